The minimum atomic E-state index is -0.277. The van der Waals surface area contributed by atoms with E-state index in [4.69, 9.17) is 0 Å². The van der Waals surface area contributed by atoms with Gasteiger partial charge in [0.25, 0.3) is 0 Å². The van der Waals surface area contributed by atoms with E-state index in [1.54, 1.807) is 30.6 Å². The number of carbonyl (C=O) groups excluding carboxylic acids is 1. The molecule has 0 atom stereocenters. The van der Waals surface area contributed by atoms with Crippen molar-refractivity contribution in [1.82, 2.24) is 19.7 Å². The molecule has 5 aromatic rings. The van der Waals surface area contributed by atoms with E-state index >= 15 is 0 Å². The maximum absolute atomic E-state index is 13.4. The summed E-state index contributed by atoms with van der Waals surface area (Å²) in [6.45, 7) is 0.719. The zero-order valence-corrected chi connectivity index (χ0v) is 18.5. The number of aryl methyl sites for hydroxylation is 3. The van der Waals surface area contributed by atoms with Gasteiger partial charge in [-0.25, -0.2) is 4.39 Å². The van der Waals surface area contributed by atoms with E-state index in [1.165, 1.54) is 17.7 Å². The van der Waals surface area contributed by atoms with Gasteiger partial charge in [0, 0.05) is 54.2 Å². The van der Waals surface area contributed by atoms with E-state index in [0.29, 0.717) is 18.7 Å². The molecular formula is C27H24FN5O. The molecule has 0 saturated carbocycles. The van der Waals surface area contributed by atoms with Gasteiger partial charge in [-0.2, -0.15) is 5.10 Å². The third kappa shape index (κ3) is 4.88. The van der Waals surface area contributed by atoms with Gasteiger partial charge in [-0.1, -0.05) is 18.2 Å². The summed E-state index contributed by atoms with van der Waals surface area (Å²) in [4.78, 5) is 20.2. The Hall–Kier alpha value is -4.26. The first-order valence-corrected chi connectivity index (χ1v) is 11.2. The van der Waals surface area contributed by atoms with Crippen molar-refractivity contribution in [1.29, 1.82) is 0 Å². The summed E-state index contributed by atoms with van der Waals surface area (Å²) in [5, 5.41) is 8.42. The number of H-pyrrole nitrogens is 1. The highest BCUT2D eigenvalue weighted by Crippen LogP contribution is 2.31. The largest absolute Gasteiger partial charge is 0.354 e. The van der Waals surface area contributed by atoms with Crippen molar-refractivity contribution in [3.63, 3.8) is 0 Å². The van der Waals surface area contributed by atoms with Crippen molar-refractivity contribution in [3.05, 3.63) is 102 Å². The lowest BCUT2D eigenvalue weighted by atomic mass is 10.0. The van der Waals surface area contributed by atoms with Crippen LogP contribution in [0.25, 0.3) is 22.2 Å². The molecule has 0 bridgehead atoms. The van der Waals surface area contributed by atoms with Crippen molar-refractivity contribution in [2.24, 2.45) is 0 Å². The molecule has 3 heterocycles. The van der Waals surface area contributed by atoms with Crippen molar-refractivity contribution in [3.8, 4) is 11.3 Å². The average molecular weight is 454 g/mol. The van der Waals surface area contributed by atoms with Crippen LogP contribution in [-0.4, -0.2) is 25.7 Å². The lowest BCUT2D eigenvalue weighted by Crippen LogP contribution is -2.13. The van der Waals surface area contributed by atoms with Crippen LogP contribution < -0.4 is 5.32 Å². The number of nitrogens with one attached hydrogen (secondary N) is 2. The lowest BCUT2D eigenvalue weighted by Gasteiger charge is -2.06. The third-order valence-electron chi connectivity index (χ3n) is 5.84. The fraction of sp³-hybridized carbons (Fsp3) is 0.148. The Morgan fingerprint density at radius 2 is 1.76 bits per heavy atom. The van der Waals surface area contributed by atoms with Gasteiger partial charge in [-0.3, -0.25) is 14.5 Å². The molecule has 0 spiro atoms. The van der Waals surface area contributed by atoms with E-state index < -0.39 is 0 Å². The lowest BCUT2D eigenvalue weighted by molar-refractivity contribution is -0.116. The normalized spacial score (nSPS) is 11.1. The van der Waals surface area contributed by atoms with E-state index in [0.717, 1.165) is 40.7 Å². The second-order valence-corrected chi connectivity index (χ2v) is 8.15. The number of halogens is 1. The van der Waals surface area contributed by atoms with Crippen molar-refractivity contribution >= 4 is 22.6 Å². The Labute approximate surface area is 196 Å². The number of aromatic amines is 1. The van der Waals surface area contributed by atoms with Gasteiger partial charge in [0.05, 0.1) is 0 Å². The van der Waals surface area contributed by atoms with Crippen LogP contribution in [0.15, 0.2) is 85.3 Å². The fourth-order valence-electron chi connectivity index (χ4n) is 4.11. The Bertz CT molecular complexity index is 1410. The van der Waals surface area contributed by atoms with Crippen LogP contribution in [0.1, 0.15) is 17.5 Å². The monoisotopic (exact) mass is 453 g/mol. The van der Waals surface area contributed by atoms with E-state index in [-0.39, 0.29) is 11.7 Å². The van der Waals surface area contributed by atoms with Gasteiger partial charge in [-0.05, 0) is 72.0 Å². The van der Waals surface area contributed by atoms with Crippen molar-refractivity contribution in [2.75, 3.05) is 5.32 Å². The van der Waals surface area contributed by atoms with Crippen LogP contribution >= 0.6 is 0 Å². The molecule has 1 amide bonds. The molecule has 0 fully saturated rings. The average Bonchev–Trinajstić information content (AvgIpc) is 3.47. The van der Waals surface area contributed by atoms with Crippen LogP contribution in [-0.2, 0) is 24.2 Å². The number of aromatic nitrogens is 4. The molecule has 0 aliphatic rings. The highest BCUT2D eigenvalue weighted by molar-refractivity contribution is 5.93. The summed E-state index contributed by atoms with van der Waals surface area (Å²) in [5.41, 5.74) is 5.02. The highest BCUT2D eigenvalue weighted by Gasteiger charge is 2.15. The number of pyridine rings is 1. The van der Waals surface area contributed by atoms with Crippen LogP contribution in [0.5, 0.6) is 0 Å². The number of hydrogen-bond acceptors (Lipinski definition) is 3. The second-order valence-electron chi connectivity index (χ2n) is 8.15. The van der Waals surface area contributed by atoms with E-state index in [9.17, 15) is 9.18 Å². The van der Waals surface area contributed by atoms with Crippen LogP contribution in [0.4, 0.5) is 10.2 Å². The maximum Gasteiger partial charge on any atom is 0.225 e. The zero-order chi connectivity index (χ0) is 23.3. The van der Waals surface area contributed by atoms with Gasteiger partial charge < -0.3 is 10.3 Å². The van der Waals surface area contributed by atoms with Crippen LogP contribution in [0.2, 0.25) is 0 Å². The molecule has 6 nitrogen and oxygen atoms in total. The van der Waals surface area contributed by atoms with Gasteiger partial charge in [0.2, 0.25) is 5.91 Å². The molecule has 5 rings (SSSR count). The van der Waals surface area contributed by atoms with Crippen LogP contribution in [0, 0.1) is 5.82 Å². The minimum absolute atomic E-state index is 0.102. The van der Waals surface area contributed by atoms with Gasteiger partial charge in [0.1, 0.15) is 5.82 Å². The Morgan fingerprint density at radius 1 is 0.971 bits per heavy atom. The number of para-hydroxylation sites is 1. The smallest absolute Gasteiger partial charge is 0.225 e. The topological polar surface area (TPSA) is 75.6 Å². The number of hydrogen-bond donors (Lipinski definition) is 2. The molecule has 170 valence electrons. The fourth-order valence-corrected chi connectivity index (χ4v) is 4.11. The minimum Gasteiger partial charge on any atom is -0.354 e. The molecule has 34 heavy (non-hydrogen) atoms. The van der Waals surface area contributed by atoms with Crippen molar-refractivity contribution in [2.45, 2.75) is 25.8 Å². The molecule has 7 heteroatoms. The number of anilines is 1. The standard InChI is InChI=1S/C27H24FN5O/c28-21-7-5-20(6-8-21)27-23(22-3-1-2-4-24(22)30-27)9-10-26(34)31-25-14-18-33(32-25)17-13-19-11-15-29-16-12-19/h1-8,11-12,14-16,18,30H,9-10,13,17H2,(H,31,32,34). The van der Waals surface area contributed by atoms with E-state index in [2.05, 4.69) is 20.4 Å². The van der Waals surface area contributed by atoms with Gasteiger partial charge in [-0.15, -0.1) is 0 Å². The third-order valence-corrected chi connectivity index (χ3v) is 5.84. The number of nitrogens with zero attached hydrogens (tertiary/aromatic N) is 3. The second kappa shape index (κ2) is 9.70. The number of carbonyl (C=O) groups is 1. The molecule has 0 saturated heterocycles. The highest BCUT2D eigenvalue weighted by atomic mass is 19.1. The summed E-state index contributed by atoms with van der Waals surface area (Å²) in [6, 6.07) is 20.2. The summed E-state index contributed by atoms with van der Waals surface area (Å²) in [5.74, 6) is 0.160. The predicted octanol–water partition coefficient (Wildman–Crippen LogP) is 5.38. The number of amides is 1. The Kier molecular flexibility index (Phi) is 6.16. The molecule has 2 N–H and O–H groups in total. The first kappa shape index (κ1) is 21.6. The number of benzene rings is 2. The zero-order valence-electron chi connectivity index (χ0n) is 18.5. The first-order chi connectivity index (χ1) is 16.7. The number of fused-ring (bicyclic) bond motifs is 1. The van der Waals surface area contributed by atoms with Crippen molar-refractivity contribution < 1.29 is 9.18 Å². The molecule has 2 aromatic carbocycles. The Morgan fingerprint density at radius 3 is 2.59 bits per heavy atom. The van der Waals surface area contributed by atoms with Crippen LogP contribution in [0.3, 0.4) is 0 Å². The molecule has 0 radical (unpaired) electrons. The molecule has 3 aromatic heterocycles. The summed E-state index contributed by atoms with van der Waals surface area (Å²) in [7, 11) is 0. The SMILES string of the molecule is O=C(CCc1c(-c2ccc(F)cc2)[nH]c2ccccc12)Nc1ccn(CCc2ccncc2)n1. The predicted molar refractivity (Wildman–Crippen MR) is 131 cm³/mol. The van der Waals surface area contributed by atoms with Gasteiger partial charge >= 0.3 is 0 Å². The van der Waals surface area contributed by atoms with E-state index in [1.807, 2.05) is 47.3 Å². The number of rotatable bonds is 8. The summed E-state index contributed by atoms with van der Waals surface area (Å²) >= 11 is 0. The molecule has 0 aliphatic heterocycles. The molecule has 0 unspecified atom stereocenters. The Balaban J connectivity index is 1.25. The summed E-state index contributed by atoms with van der Waals surface area (Å²) < 4.78 is 15.3. The molecule has 0 aliphatic carbocycles. The van der Waals surface area contributed by atoms with Gasteiger partial charge in [0.15, 0.2) is 5.82 Å². The maximum atomic E-state index is 13.4. The molecular weight excluding hydrogens is 429 g/mol. The summed E-state index contributed by atoms with van der Waals surface area (Å²) in [6.07, 6.45) is 7.11. The quantitative estimate of drug-likeness (QED) is 0.331. The first-order valence-electron chi connectivity index (χ1n) is 11.2.